The lowest BCUT2D eigenvalue weighted by Crippen LogP contribution is -2.23. The minimum Gasteiger partial charge on any atom is -0.463 e. The van der Waals surface area contributed by atoms with Gasteiger partial charge >= 0.3 is 5.97 Å². The van der Waals surface area contributed by atoms with Gasteiger partial charge in [0.25, 0.3) is 0 Å². The van der Waals surface area contributed by atoms with Crippen LogP contribution in [-0.2, 0) is 23.2 Å². The quantitative estimate of drug-likeness (QED) is 0.151. The van der Waals surface area contributed by atoms with Crippen molar-refractivity contribution in [2.45, 2.75) is 6.29 Å². The van der Waals surface area contributed by atoms with Crippen molar-refractivity contribution in [2.75, 3.05) is 46.2 Å². The Bertz CT molecular complexity index is 457. The van der Waals surface area contributed by atoms with Crippen molar-refractivity contribution in [3.05, 3.63) is 43.0 Å². The fourth-order valence-corrected chi connectivity index (χ4v) is 1.49. The average Bonchev–Trinajstić information content (AvgIpc) is 2.67. The Hall–Kier alpha value is -1.62. The molecule has 0 fully saturated rings. The predicted octanol–water partition coefficient (Wildman–Crippen LogP) is 0.986. The zero-order valence-electron chi connectivity index (χ0n) is 14.5. The summed E-state index contributed by atoms with van der Waals surface area (Å²) in [5.74, 6) is 0.0687. The lowest BCUT2D eigenvalue weighted by molar-refractivity contribution is -0.127. The van der Waals surface area contributed by atoms with E-state index >= 15 is 0 Å². The van der Waals surface area contributed by atoms with Gasteiger partial charge in [-0.15, -0.1) is 0 Å². The molecule has 9 heteroatoms. The summed E-state index contributed by atoms with van der Waals surface area (Å²) >= 11 is 3.17. The molecule has 0 aliphatic heterocycles. The molecule has 1 aromatic carbocycles. The van der Waals surface area contributed by atoms with Crippen LogP contribution >= 0.6 is 12.9 Å². The molecule has 0 spiro atoms. The number of para-hydroxylation sites is 1. The molecular formula is C17H26O8S. The summed E-state index contributed by atoms with van der Waals surface area (Å²) in [5, 5.41) is 18.0. The summed E-state index contributed by atoms with van der Waals surface area (Å²) in [6.45, 7) is 5.21. The molecule has 2 N–H and O–H groups in total. The lowest BCUT2D eigenvalue weighted by atomic mass is 10.3. The minimum absolute atomic E-state index is 0.0163. The van der Waals surface area contributed by atoms with E-state index in [1.807, 2.05) is 18.2 Å². The minimum atomic E-state index is -0.995. The van der Waals surface area contributed by atoms with Crippen LogP contribution in [0.1, 0.15) is 0 Å². The van der Waals surface area contributed by atoms with E-state index in [1.165, 1.54) is 0 Å². The van der Waals surface area contributed by atoms with Crippen molar-refractivity contribution in [1.82, 2.24) is 0 Å². The van der Waals surface area contributed by atoms with Crippen LogP contribution in [0.25, 0.3) is 0 Å². The molecule has 0 aliphatic carbocycles. The maximum Gasteiger partial charge on any atom is 0.341 e. The molecule has 1 unspecified atom stereocenters. The molecule has 0 bridgehead atoms. The van der Waals surface area contributed by atoms with E-state index in [0.717, 1.165) is 6.08 Å². The number of hydrogen-bond acceptors (Lipinski definition) is 9. The molecule has 0 saturated heterocycles. The molecule has 0 heterocycles. The van der Waals surface area contributed by atoms with E-state index in [4.69, 9.17) is 24.1 Å². The number of aliphatic hydroxyl groups is 2. The van der Waals surface area contributed by atoms with E-state index in [1.54, 1.807) is 12.1 Å². The molecule has 1 atom stereocenters. The third kappa shape index (κ3) is 15.9. The summed E-state index contributed by atoms with van der Waals surface area (Å²) in [7, 11) is 0. The second-order valence-electron chi connectivity index (χ2n) is 4.52. The van der Waals surface area contributed by atoms with E-state index in [9.17, 15) is 9.90 Å². The summed E-state index contributed by atoms with van der Waals surface area (Å²) in [6, 6.07) is 9.06. The van der Waals surface area contributed by atoms with Gasteiger partial charge in [-0.2, -0.15) is 0 Å². The Morgan fingerprint density at radius 2 is 1.65 bits per heavy atom. The largest absolute Gasteiger partial charge is 0.463 e. The maximum atomic E-state index is 9.76. The zero-order valence-corrected chi connectivity index (χ0v) is 15.4. The van der Waals surface area contributed by atoms with Gasteiger partial charge in [-0.3, -0.25) is 0 Å². The van der Waals surface area contributed by atoms with Crippen LogP contribution < -0.4 is 4.74 Å². The molecule has 1 rings (SSSR count). The van der Waals surface area contributed by atoms with Crippen molar-refractivity contribution >= 4 is 18.9 Å². The van der Waals surface area contributed by atoms with Crippen LogP contribution in [0.4, 0.5) is 0 Å². The van der Waals surface area contributed by atoms with Gasteiger partial charge in [0.1, 0.15) is 12.4 Å². The standard InChI is InChI=1S/C14H22O6.C3H4O2S/c15-6-7-17-8-9-18-10-11-19-12-14(16)20-13-4-2-1-3-5-13;1-2-3(4)5-6/h1-5,14-16H,6-12H2;2,6H,1H2. The highest BCUT2D eigenvalue weighted by Gasteiger charge is 2.05. The monoisotopic (exact) mass is 390 g/mol. The first kappa shape index (κ1) is 24.4. The Balaban J connectivity index is 0.000000896. The summed E-state index contributed by atoms with van der Waals surface area (Å²) < 4.78 is 24.5. The van der Waals surface area contributed by atoms with Crippen molar-refractivity contribution in [1.29, 1.82) is 0 Å². The van der Waals surface area contributed by atoms with Crippen molar-refractivity contribution in [3.8, 4) is 5.75 Å². The number of carbonyl (C=O) groups is 1. The first-order valence-electron chi connectivity index (χ1n) is 7.85. The predicted molar refractivity (Wildman–Crippen MR) is 97.9 cm³/mol. The number of hydrogen-bond donors (Lipinski definition) is 3. The van der Waals surface area contributed by atoms with Crippen LogP contribution in [0.5, 0.6) is 5.75 Å². The highest BCUT2D eigenvalue weighted by molar-refractivity contribution is 7.75. The third-order valence-corrected chi connectivity index (χ3v) is 2.69. The molecule has 0 aliphatic rings. The SMILES string of the molecule is C=CC(=O)OS.OCCOCCOCCOCC(O)Oc1ccccc1. The van der Waals surface area contributed by atoms with Crippen LogP contribution in [-0.4, -0.2) is 68.7 Å². The van der Waals surface area contributed by atoms with Crippen LogP contribution in [0.3, 0.4) is 0 Å². The number of carbonyl (C=O) groups excluding carboxylic acids is 1. The zero-order chi connectivity index (χ0) is 19.5. The lowest BCUT2D eigenvalue weighted by Gasteiger charge is -2.13. The van der Waals surface area contributed by atoms with Gasteiger partial charge in [-0.1, -0.05) is 24.8 Å². The Kier molecular flexibility index (Phi) is 17.0. The van der Waals surface area contributed by atoms with Gasteiger partial charge in [0.2, 0.25) is 6.29 Å². The van der Waals surface area contributed by atoms with Crippen LogP contribution in [0.15, 0.2) is 43.0 Å². The first-order chi connectivity index (χ1) is 12.6. The van der Waals surface area contributed by atoms with Gasteiger partial charge in [-0.05, 0) is 12.1 Å². The molecule has 0 amide bonds. The Labute approximate surface area is 158 Å². The van der Waals surface area contributed by atoms with E-state index in [-0.39, 0.29) is 13.2 Å². The second kappa shape index (κ2) is 18.2. The molecule has 1 aromatic rings. The number of rotatable bonds is 13. The molecule has 26 heavy (non-hydrogen) atoms. The van der Waals surface area contributed by atoms with E-state index < -0.39 is 12.3 Å². The highest BCUT2D eigenvalue weighted by Crippen LogP contribution is 2.09. The van der Waals surface area contributed by atoms with Gasteiger partial charge in [0.05, 0.1) is 39.6 Å². The van der Waals surface area contributed by atoms with Gasteiger partial charge < -0.3 is 33.3 Å². The average molecular weight is 390 g/mol. The maximum absolute atomic E-state index is 9.76. The number of thiol groups is 1. The summed E-state index contributed by atoms with van der Waals surface area (Å²) in [5.41, 5.74) is 0. The van der Waals surface area contributed by atoms with E-state index in [2.05, 4.69) is 23.7 Å². The van der Waals surface area contributed by atoms with E-state index in [0.29, 0.717) is 38.8 Å². The third-order valence-electron chi connectivity index (χ3n) is 2.51. The molecule has 148 valence electrons. The van der Waals surface area contributed by atoms with Crippen molar-refractivity contribution < 1.29 is 38.1 Å². The molecular weight excluding hydrogens is 364 g/mol. The second-order valence-corrected chi connectivity index (χ2v) is 4.71. The Morgan fingerprint density at radius 3 is 2.15 bits per heavy atom. The highest BCUT2D eigenvalue weighted by atomic mass is 32.1. The Morgan fingerprint density at radius 1 is 1.08 bits per heavy atom. The fraction of sp³-hybridized carbons (Fsp3) is 0.471. The van der Waals surface area contributed by atoms with Gasteiger partial charge in [-0.25, -0.2) is 4.79 Å². The molecule has 0 radical (unpaired) electrons. The molecule has 0 aromatic heterocycles. The van der Waals surface area contributed by atoms with Gasteiger partial charge in [0, 0.05) is 19.0 Å². The summed E-state index contributed by atoms with van der Waals surface area (Å²) in [6.07, 6.45) is 0.0396. The van der Waals surface area contributed by atoms with Gasteiger partial charge in [0.15, 0.2) is 0 Å². The number of aliphatic hydroxyl groups excluding tert-OH is 2. The van der Waals surface area contributed by atoms with Crippen LogP contribution in [0, 0.1) is 0 Å². The smallest absolute Gasteiger partial charge is 0.341 e. The normalized spacial score (nSPS) is 11.0. The molecule has 0 saturated carbocycles. The first-order valence-corrected chi connectivity index (χ1v) is 8.22. The summed E-state index contributed by atoms with van der Waals surface area (Å²) in [4.78, 5) is 9.76. The number of benzene rings is 1. The molecule has 8 nitrogen and oxygen atoms in total. The fourth-order valence-electron chi connectivity index (χ4n) is 1.42. The van der Waals surface area contributed by atoms with Crippen molar-refractivity contribution in [2.24, 2.45) is 0 Å². The number of ether oxygens (including phenoxy) is 4. The van der Waals surface area contributed by atoms with Crippen LogP contribution in [0.2, 0.25) is 0 Å². The topological polar surface area (TPSA) is 104 Å². The van der Waals surface area contributed by atoms with Crippen molar-refractivity contribution in [3.63, 3.8) is 0 Å².